The number of carboxylic acids is 1. The Kier molecular flexibility index (Phi) is 6.11. The Hall–Kier alpha value is -3.44. The zero-order valence-corrected chi connectivity index (χ0v) is 13.7. The lowest BCUT2D eigenvalue weighted by molar-refractivity contribution is -0.159. The zero-order chi connectivity index (χ0) is 20.0. The third-order valence-electron chi connectivity index (χ3n) is 3.07. The fourth-order valence-corrected chi connectivity index (χ4v) is 1.68. The number of benzene rings is 1. The molecule has 1 heterocycles. The van der Waals surface area contributed by atoms with Gasteiger partial charge in [0.2, 0.25) is 11.9 Å². The summed E-state index contributed by atoms with van der Waals surface area (Å²) in [5.41, 5.74) is 0.468. The molecule has 0 bridgehead atoms. The van der Waals surface area contributed by atoms with Gasteiger partial charge in [0.05, 0.1) is 12.8 Å². The molecule has 27 heavy (non-hydrogen) atoms. The van der Waals surface area contributed by atoms with Gasteiger partial charge in [-0.1, -0.05) is 22.4 Å². The molecule has 9 nitrogen and oxygen atoms in total. The number of hydrogen-bond acceptors (Lipinski definition) is 7. The monoisotopic (exact) mass is 386 g/mol. The number of nitrogens with zero attached hydrogens (tertiary/aromatic N) is 3. The number of amides is 1. The molecule has 1 unspecified atom stereocenters. The Labute approximate surface area is 149 Å². The molecule has 0 fully saturated rings. The molecule has 0 radical (unpaired) electrons. The van der Waals surface area contributed by atoms with Crippen LogP contribution in [0.5, 0.6) is 0 Å². The summed E-state index contributed by atoms with van der Waals surface area (Å²) in [7, 11) is 0. The van der Waals surface area contributed by atoms with Crippen LogP contribution in [0, 0.1) is 0 Å². The van der Waals surface area contributed by atoms with Crippen molar-refractivity contribution in [3.05, 3.63) is 35.7 Å². The van der Waals surface area contributed by atoms with Gasteiger partial charge in [-0.3, -0.25) is 4.79 Å². The molecular weight excluding hydrogens is 373 g/mol. The molecule has 0 aliphatic heterocycles. The first-order valence-electron chi connectivity index (χ1n) is 7.38. The smallest absolute Gasteiger partial charge is 0.471 e. The van der Waals surface area contributed by atoms with Crippen LogP contribution >= 0.6 is 0 Å². The highest BCUT2D eigenvalue weighted by molar-refractivity contribution is 5.95. The quantitative estimate of drug-likeness (QED) is 0.550. The largest absolute Gasteiger partial charge is 0.478 e. The normalized spacial score (nSPS) is 12.7. The number of aromatic nitrogens is 2. The number of nitrogens with one attached hydrogen (secondary N) is 1. The fraction of sp³-hybridized carbons (Fsp3) is 0.267. The van der Waals surface area contributed by atoms with Crippen LogP contribution in [0.25, 0.3) is 11.4 Å². The molecule has 0 spiro atoms. The molecule has 144 valence electrons. The fourth-order valence-electron chi connectivity index (χ4n) is 1.68. The van der Waals surface area contributed by atoms with Crippen LogP contribution in [0.15, 0.2) is 33.9 Å². The molecule has 0 aliphatic rings. The number of rotatable bonds is 7. The molecule has 1 atom stereocenters. The molecule has 2 aromatic rings. The summed E-state index contributed by atoms with van der Waals surface area (Å²) < 4.78 is 41.5. The summed E-state index contributed by atoms with van der Waals surface area (Å²) in [4.78, 5) is 30.3. The second kappa shape index (κ2) is 8.29. The Bertz CT molecular complexity index is 833. The molecule has 0 saturated heterocycles. The molecule has 1 aromatic heterocycles. The van der Waals surface area contributed by atoms with E-state index in [1.54, 1.807) is 0 Å². The second-order valence-electron chi connectivity index (χ2n) is 5.08. The molecule has 1 amide bonds. The number of alkyl halides is 3. The van der Waals surface area contributed by atoms with Gasteiger partial charge in [-0.05, 0) is 19.1 Å². The Morgan fingerprint density at radius 3 is 2.59 bits per heavy atom. The van der Waals surface area contributed by atoms with Crippen molar-refractivity contribution >= 4 is 18.1 Å². The minimum absolute atomic E-state index is 0.0211. The highest BCUT2D eigenvalue weighted by Gasteiger charge is 2.38. The van der Waals surface area contributed by atoms with Crippen molar-refractivity contribution in [1.82, 2.24) is 15.5 Å². The maximum atomic E-state index is 12.4. The Balaban J connectivity index is 1.91. The number of carbonyl (C=O) groups excluding carboxylic acids is 1. The van der Waals surface area contributed by atoms with E-state index in [1.807, 2.05) is 0 Å². The highest BCUT2D eigenvalue weighted by Crippen LogP contribution is 2.29. The van der Waals surface area contributed by atoms with E-state index in [1.165, 1.54) is 37.4 Å². The predicted molar refractivity (Wildman–Crippen MR) is 83.7 cm³/mol. The van der Waals surface area contributed by atoms with Gasteiger partial charge in [0, 0.05) is 11.1 Å². The Morgan fingerprint density at radius 1 is 1.37 bits per heavy atom. The number of oxime groups is 1. The minimum Gasteiger partial charge on any atom is -0.478 e. The molecule has 12 heteroatoms. The van der Waals surface area contributed by atoms with Crippen LogP contribution in [0.1, 0.15) is 23.2 Å². The van der Waals surface area contributed by atoms with Crippen LogP contribution in [-0.2, 0) is 15.8 Å². The highest BCUT2D eigenvalue weighted by atomic mass is 19.4. The molecular formula is C15H13F3N4O5. The van der Waals surface area contributed by atoms with Crippen molar-refractivity contribution < 1.29 is 37.2 Å². The summed E-state index contributed by atoms with van der Waals surface area (Å²) >= 11 is 0. The zero-order valence-electron chi connectivity index (χ0n) is 13.7. The number of carboxylic acid groups (broad SMARTS) is 1. The average Bonchev–Trinajstić information content (AvgIpc) is 3.11. The van der Waals surface area contributed by atoms with Crippen molar-refractivity contribution in [2.24, 2.45) is 5.16 Å². The van der Waals surface area contributed by atoms with Gasteiger partial charge in [-0.2, -0.15) is 18.2 Å². The lowest BCUT2D eigenvalue weighted by Crippen LogP contribution is -2.25. The van der Waals surface area contributed by atoms with Gasteiger partial charge in [-0.25, -0.2) is 4.79 Å². The van der Waals surface area contributed by atoms with Gasteiger partial charge < -0.3 is 19.8 Å². The summed E-state index contributed by atoms with van der Waals surface area (Å²) in [5.74, 6) is -3.38. The van der Waals surface area contributed by atoms with E-state index in [0.717, 1.165) is 0 Å². The van der Waals surface area contributed by atoms with Crippen molar-refractivity contribution in [1.29, 1.82) is 0 Å². The van der Waals surface area contributed by atoms with Crippen molar-refractivity contribution in [3.63, 3.8) is 0 Å². The maximum Gasteiger partial charge on any atom is 0.471 e. The number of halogens is 3. The SMILES string of the molecule is CC(ON=CCNC(=O)c1ccc(-c2noc(C(F)(F)F)n2)cc1)C(=O)O. The van der Waals surface area contributed by atoms with E-state index >= 15 is 0 Å². The van der Waals surface area contributed by atoms with Gasteiger partial charge in [0.25, 0.3) is 5.91 Å². The van der Waals surface area contributed by atoms with Gasteiger partial charge in [0.15, 0.2) is 0 Å². The van der Waals surface area contributed by atoms with E-state index in [0.29, 0.717) is 0 Å². The van der Waals surface area contributed by atoms with E-state index in [9.17, 15) is 22.8 Å². The summed E-state index contributed by atoms with van der Waals surface area (Å²) in [6.07, 6.45) is -4.69. The van der Waals surface area contributed by atoms with Crippen molar-refractivity contribution in [2.75, 3.05) is 6.54 Å². The Morgan fingerprint density at radius 2 is 2.04 bits per heavy atom. The number of aliphatic carboxylic acids is 1. The van der Waals surface area contributed by atoms with E-state index < -0.39 is 30.0 Å². The number of hydrogen-bond donors (Lipinski definition) is 2. The molecule has 2 N–H and O–H groups in total. The first-order valence-corrected chi connectivity index (χ1v) is 7.38. The lowest BCUT2D eigenvalue weighted by atomic mass is 10.1. The standard InChI is InChI=1S/C15H13F3N4O5/c1-8(13(24)25)26-20-7-6-19-12(23)10-4-2-9(3-5-10)11-21-14(27-22-11)15(16,17)18/h2-5,7-8H,6H2,1H3,(H,19,23)(H,24,25). The van der Waals surface area contributed by atoms with Crippen molar-refractivity contribution in [3.8, 4) is 11.4 Å². The second-order valence-corrected chi connectivity index (χ2v) is 5.08. The summed E-state index contributed by atoms with van der Waals surface area (Å²) in [6.45, 7) is 1.27. The van der Waals surface area contributed by atoms with E-state index in [4.69, 9.17) is 5.11 Å². The van der Waals surface area contributed by atoms with Crippen LogP contribution in [0.3, 0.4) is 0 Å². The van der Waals surface area contributed by atoms with E-state index in [-0.39, 0.29) is 23.5 Å². The third-order valence-corrected chi connectivity index (χ3v) is 3.07. The van der Waals surface area contributed by atoms with Crippen LogP contribution in [0.4, 0.5) is 13.2 Å². The summed E-state index contributed by atoms with van der Waals surface area (Å²) in [5, 5.41) is 17.7. The topological polar surface area (TPSA) is 127 Å². The summed E-state index contributed by atoms with van der Waals surface area (Å²) in [6, 6.07) is 5.47. The van der Waals surface area contributed by atoms with Crippen molar-refractivity contribution in [2.45, 2.75) is 19.2 Å². The van der Waals surface area contributed by atoms with Crippen LogP contribution in [-0.4, -0.2) is 46.0 Å². The first-order chi connectivity index (χ1) is 12.7. The van der Waals surface area contributed by atoms with Gasteiger partial charge >= 0.3 is 18.0 Å². The predicted octanol–water partition coefficient (Wildman–Crippen LogP) is 1.96. The molecule has 2 rings (SSSR count). The first kappa shape index (κ1) is 19.9. The van der Waals surface area contributed by atoms with E-state index in [2.05, 4.69) is 30.0 Å². The molecule has 1 aromatic carbocycles. The molecule has 0 aliphatic carbocycles. The van der Waals surface area contributed by atoms with Crippen LogP contribution < -0.4 is 5.32 Å². The van der Waals surface area contributed by atoms with Crippen LogP contribution in [0.2, 0.25) is 0 Å². The minimum atomic E-state index is -4.74. The average molecular weight is 386 g/mol. The number of carbonyl (C=O) groups is 2. The lowest BCUT2D eigenvalue weighted by Gasteiger charge is -2.04. The van der Waals surface area contributed by atoms with Gasteiger partial charge in [0.1, 0.15) is 0 Å². The maximum absolute atomic E-state index is 12.4. The van der Waals surface area contributed by atoms with Gasteiger partial charge in [-0.15, -0.1) is 0 Å². The third kappa shape index (κ3) is 5.52. The molecule has 0 saturated carbocycles.